The van der Waals surface area contributed by atoms with Gasteiger partial charge < -0.3 is 15.1 Å². The summed E-state index contributed by atoms with van der Waals surface area (Å²) in [6.07, 6.45) is 0. The maximum absolute atomic E-state index is 12.4. The highest BCUT2D eigenvalue weighted by Crippen LogP contribution is 2.30. The number of amides is 1. The van der Waals surface area contributed by atoms with Crippen molar-refractivity contribution in [2.45, 2.75) is 24.9 Å². The van der Waals surface area contributed by atoms with Crippen LogP contribution in [0.3, 0.4) is 0 Å². The van der Waals surface area contributed by atoms with Crippen molar-refractivity contribution < 1.29 is 19.8 Å². The summed E-state index contributed by atoms with van der Waals surface area (Å²) in [4.78, 5) is 24.9. The molecular formula is C13H15NO4S. The number of rotatable bonds is 3. The fourth-order valence-electron chi connectivity index (χ4n) is 2.04. The third-order valence-corrected chi connectivity index (χ3v) is 4.34. The topological polar surface area (TPSA) is 77.8 Å². The highest BCUT2D eigenvalue weighted by Gasteiger charge is 2.39. The average molecular weight is 281 g/mol. The molecule has 0 radical (unpaired) electrons. The maximum atomic E-state index is 12.4. The van der Waals surface area contributed by atoms with E-state index in [-0.39, 0.29) is 17.9 Å². The Kier molecular flexibility index (Phi) is 4.11. The van der Waals surface area contributed by atoms with Gasteiger partial charge in [0, 0.05) is 11.3 Å². The number of aliphatic hydroxyl groups is 1. The first kappa shape index (κ1) is 13.9. The van der Waals surface area contributed by atoms with E-state index in [0.29, 0.717) is 11.3 Å². The second-order valence-corrected chi connectivity index (χ2v) is 5.70. The molecule has 1 saturated heterocycles. The molecule has 2 N–H and O–H groups in total. The number of hydrogen-bond donors (Lipinski definition) is 2. The second kappa shape index (κ2) is 5.63. The number of thioether (sulfide) groups is 1. The molecule has 1 aliphatic heterocycles. The summed E-state index contributed by atoms with van der Waals surface area (Å²) in [5.74, 6) is -0.844. The van der Waals surface area contributed by atoms with Gasteiger partial charge in [0.15, 0.2) is 0 Å². The number of benzene rings is 1. The van der Waals surface area contributed by atoms with Crippen LogP contribution in [0.1, 0.15) is 22.8 Å². The Morgan fingerprint density at radius 1 is 1.37 bits per heavy atom. The minimum atomic E-state index is -0.975. The van der Waals surface area contributed by atoms with Crippen LogP contribution in [0.4, 0.5) is 0 Å². The predicted octanol–water partition coefficient (Wildman–Crippen LogP) is 1.17. The van der Waals surface area contributed by atoms with E-state index in [0.717, 1.165) is 5.56 Å². The van der Waals surface area contributed by atoms with Crippen molar-refractivity contribution >= 4 is 23.6 Å². The lowest BCUT2D eigenvalue weighted by atomic mass is 10.1. The van der Waals surface area contributed by atoms with E-state index >= 15 is 0 Å². The first-order valence-corrected chi connectivity index (χ1v) is 6.96. The smallest absolute Gasteiger partial charge is 0.327 e. The minimum absolute atomic E-state index is 0.0812. The summed E-state index contributed by atoms with van der Waals surface area (Å²) in [7, 11) is 0. The lowest BCUT2D eigenvalue weighted by Crippen LogP contribution is -2.44. The third kappa shape index (κ3) is 2.74. The van der Waals surface area contributed by atoms with E-state index < -0.39 is 12.0 Å². The molecule has 1 aromatic carbocycles. The zero-order chi connectivity index (χ0) is 14.0. The van der Waals surface area contributed by atoms with E-state index in [9.17, 15) is 9.59 Å². The number of aliphatic carboxylic acids is 1. The number of hydrogen-bond acceptors (Lipinski definition) is 4. The molecule has 2 atom stereocenters. The fourth-order valence-corrected chi connectivity index (χ4v) is 3.21. The Bertz CT molecular complexity index is 488. The van der Waals surface area contributed by atoms with Crippen molar-refractivity contribution in [3.8, 4) is 0 Å². The van der Waals surface area contributed by atoms with E-state index in [4.69, 9.17) is 10.2 Å². The maximum Gasteiger partial charge on any atom is 0.327 e. The van der Waals surface area contributed by atoms with Crippen LogP contribution < -0.4 is 0 Å². The average Bonchev–Trinajstić information content (AvgIpc) is 2.80. The Balaban J connectivity index is 2.23. The molecule has 0 bridgehead atoms. The standard InChI is InChI=1S/C13H15NO4S/c1-8-14(11(7-19-8)13(17)18)12(16)10-4-2-9(6-15)3-5-10/h2-5,8,11,15H,6-7H2,1H3,(H,17,18). The van der Waals surface area contributed by atoms with Gasteiger partial charge >= 0.3 is 5.97 Å². The van der Waals surface area contributed by atoms with Crippen molar-refractivity contribution in [3.05, 3.63) is 35.4 Å². The number of aliphatic hydroxyl groups excluding tert-OH is 1. The van der Waals surface area contributed by atoms with Gasteiger partial charge in [0.25, 0.3) is 5.91 Å². The summed E-state index contributed by atoms with van der Waals surface area (Å²) in [5, 5.41) is 18.0. The Labute approximate surface area is 115 Å². The van der Waals surface area contributed by atoms with Crippen molar-refractivity contribution in [2.24, 2.45) is 0 Å². The van der Waals surface area contributed by atoms with Crippen LogP contribution in [0.15, 0.2) is 24.3 Å². The van der Waals surface area contributed by atoms with E-state index in [1.54, 1.807) is 24.3 Å². The molecule has 6 heteroatoms. The first-order chi connectivity index (χ1) is 9.04. The van der Waals surface area contributed by atoms with Crippen LogP contribution in [0, 0.1) is 0 Å². The van der Waals surface area contributed by atoms with Gasteiger partial charge in [-0.3, -0.25) is 4.79 Å². The molecule has 2 unspecified atom stereocenters. The molecule has 1 aliphatic rings. The molecule has 0 aromatic heterocycles. The van der Waals surface area contributed by atoms with Gasteiger partial charge in [0.1, 0.15) is 6.04 Å². The van der Waals surface area contributed by atoms with Crippen LogP contribution in [-0.4, -0.2) is 44.2 Å². The van der Waals surface area contributed by atoms with Crippen LogP contribution in [-0.2, 0) is 11.4 Å². The van der Waals surface area contributed by atoms with Crippen molar-refractivity contribution in [2.75, 3.05) is 5.75 Å². The normalized spacial score (nSPS) is 22.5. The second-order valence-electron chi connectivity index (χ2n) is 4.35. The van der Waals surface area contributed by atoms with Crippen molar-refractivity contribution in [1.82, 2.24) is 4.90 Å². The molecule has 102 valence electrons. The first-order valence-electron chi connectivity index (χ1n) is 5.91. The van der Waals surface area contributed by atoms with Gasteiger partial charge in [-0.25, -0.2) is 4.79 Å². The van der Waals surface area contributed by atoms with Gasteiger partial charge in [-0.05, 0) is 24.6 Å². The minimum Gasteiger partial charge on any atom is -0.480 e. The van der Waals surface area contributed by atoms with Gasteiger partial charge in [-0.1, -0.05) is 12.1 Å². The Morgan fingerprint density at radius 3 is 2.53 bits per heavy atom. The number of carboxylic acid groups (broad SMARTS) is 1. The molecule has 5 nitrogen and oxygen atoms in total. The van der Waals surface area contributed by atoms with Crippen molar-refractivity contribution in [1.29, 1.82) is 0 Å². The number of carbonyl (C=O) groups excluding carboxylic acids is 1. The third-order valence-electron chi connectivity index (χ3n) is 3.13. The lowest BCUT2D eigenvalue weighted by molar-refractivity contribution is -0.141. The molecule has 1 heterocycles. The zero-order valence-electron chi connectivity index (χ0n) is 10.4. The molecule has 2 rings (SSSR count). The predicted molar refractivity (Wildman–Crippen MR) is 71.9 cm³/mol. The molecular weight excluding hydrogens is 266 g/mol. The summed E-state index contributed by atoms with van der Waals surface area (Å²) in [6.45, 7) is 1.75. The van der Waals surface area contributed by atoms with Crippen LogP contribution >= 0.6 is 11.8 Å². The molecule has 1 amide bonds. The number of carboxylic acids is 1. The van der Waals surface area contributed by atoms with Gasteiger partial charge in [0.05, 0.1) is 12.0 Å². The number of nitrogens with zero attached hydrogens (tertiary/aromatic N) is 1. The van der Waals surface area contributed by atoms with Crippen LogP contribution in [0.5, 0.6) is 0 Å². The van der Waals surface area contributed by atoms with Crippen molar-refractivity contribution in [3.63, 3.8) is 0 Å². The van der Waals surface area contributed by atoms with Gasteiger partial charge in [-0.15, -0.1) is 11.8 Å². The van der Waals surface area contributed by atoms with Crippen LogP contribution in [0.25, 0.3) is 0 Å². The molecule has 19 heavy (non-hydrogen) atoms. The van der Waals surface area contributed by atoms with E-state index in [2.05, 4.69) is 0 Å². The molecule has 0 saturated carbocycles. The Hall–Kier alpha value is -1.53. The Morgan fingerprint density at radius 2 is 2.00 bits per heavy atom. The molecule has 1 aromatic rings. The molecule has 0 aliphatic carbocycles. The summed E-state index contributed by atoms with van der Waals surface area (Å²) < 4.78 is 0. The fraction of sp³-hybridized carbons (Fsp3) is 0.385. The monoisotopic (exact) mass is 281 g/mol. The highest BCUT2D eigenvalue weighted by molar-refractivity contribution is 8.00. The lowest BCUT2D eigenvalue weighted by Gasteiger charge is -2.25. The van der Waals surface area contributed by atoms with Gasteiger partial charge in [-0.2, -0.15) is 0 Å². The quantitative estimate of drug-likeness (QED) is 0.869. The van der Waals surface area contributed by atoms with E-state index in [1.165, 1.54) is 16.7 Å². The van der Waals surface area contributed by atoms with Gasteiger partial charge in [0.2, 0.25) is 0 Å². The summed E-state index contributed by atoms with van der Waals surface area (Å²) in [5.41, 5.74) is 1.16. The van der Waals surface area contributed by atoms with Crippen LogP contribution in [0.2, 0.25) is 0 Å². The molecule has 1 fully saturated rings. The number of carbonyl (C=O) groups is 2. The summed E-state index contributed by atoms with van der Waals surface area (Å²) >= 11 is 1.46. The van der Waals surface area contributed by atoms with E-state index in [1.807, 2.05) is 6.92 Å². The zero-order valence-corrected chi connectivity index (χ0v) is 11.3. The SMILES string of the molecule is CC1SCC(C(=O)O)N1C(=O)c1ccc(CO)cc1. The largest absolute Gasteiger partial charge is 0.480 e. The highest BCUT2D eigenvalue weighted by atomic mass is 32.2. The molecule has 0 spiro atoms. The summed E-state index contributed by atoms with van der Waals surface area (Å²) in [6, 6.07) is 5.78.